The van der Waals surface area contributed by atoms with Crippen LogP contribution in [0.3, 0.4) is 0 Å². The first-order chi connectivity index (χ1) is 10.4. The van der Waals surface area contributed by atoms with Crippen LogP contribution in [0.1, 0.15) is 96.8 Å². The lowest BCUT2D eigenvalue weighted by Gasteiger charge is -2.02. The Morgan fingerprint density at radius 3 is 1.81 bits per heavy atom. The molecule has 0 aliphatic heterocycles. The molecule has 1 aliphatic rings. The Bertz CT molecular complexity index is 269. The highest BCUT2D eigenvalue weighted by molar-refractivity contribution is 7.99. The van der Waals surface area contributed by atoms with Crippen LogP contribution in [0.2, 0.25) is 0 Å². The van der Waals surface area contributed by atoms with Crippen LogP contribution < -0.4 is 0 Å². The van der Waals surface area contributed by atoms with Crippen molar-refractivity contribution in [1.29, 1.82) is 0 Å². The fourth-order valence-electron chi connectivity index (χ4n) is 2.60. The lowest BCUT2D eigenvalue weighted by Crippen LogP contribution is -1.84. The third-order valence-corrected chi connectivity index (χ3v) is 5.16. The molecule has 0 nitrogen and oxygen atoms in total. The highest BCUT2D eigenvalue weighted by Crippen LogP contribution is 2.27. The molecule has 0 aromatic carbocycles. The van der Waals surface area contributed by atoms with Crippen molar-refractivity contribution in [3.05, 3.63) is 0 Å². The minimum absolute atomic E-state index is 0.787. The van der Waals surface area contributed by atoms with Gasteiger partial charge in [0.1, 0.15) is 0 Å². The topological polar surface area (TPSA) is 0 Å². The van der Waals surface area contributed by atoms with Crippen molar-refractivity contribution in [2.24, 2.45) is 5.92 Å². The van der Waals surface area contributed by atoms with Crippen LogP contribution in [-0.4, -0.2) is 11.5 Å². The van der Waals surface area contributed by atoms with Crippen LogP contribution in [0.25, 0.3) is 0 Å². The zero-order chi connectivity index (χ0) is 15.0. The Labute approximate surface area is 138 Å². The van der Waals surface area contributed by atoms with Gasteiger partial charge in [-0.2, -0.15) is 11.8 Å². The van der Waals surface area contributed by atoms with Gasteiger partial charge in [-0.1, -0.05) is 70.6 Å². The van der Waals surface area contributed by atoms with Crippen molar-refractivity contribution in [3.63, 3.8) is 0 Å². The largest absolute Gasteiger partial charge is 0.162 e. The molecule has 0 atom stereocenters. The smallest absolute Gasteiger partial charge is 0.0203 e. The summed E-state index contributed by atoms with van der Waals surface area (Å²) < 4.78 is 0. The van der Waals surface area contributed by atoms with E-state index < -0.39 is 0 Å². The van der Waals surface area contributed by atoms with E-state index in [-0.39, 0.29) is 0 Å². The van der Waals surface area contributed by atoms with Gasteiger partial charge in [-0.25, -0.2) is 0 Å². The Kier molecular flexibility index (Phi) is 13.4. The minimum atomic E-state index is 0.787. The number of unbranched alkanes of at least 4 members (excludes halogenated alkanes) is 11. The average Bonchev–Trinajstić information content (AvgIpc) is 3.31. The van der Waals surface area contributed by atoms with Crippen LogP contribution >= 0.6 is 11.8 Å². The van der Waals surface area contributed by atoms with E-state index in [1.54, 1.807) is 0 Å². The summed E-state index contributed by atoms with van der Waals surface area (Å²) in [6.07, 6.45) is 19.7. The van der Waals surface area contributed by atoms with E-state index in [9.17, 15) is 0 Å². The number of hydrogen-bond donors (Lipinski definition) is 0. The molecule has 0 bridgehead atoms. The summed E-state index contributed by atoms with van der Waals surface area (Å²) in [5.41, 5.74) is 0. The number of rotatable bonds is 14. The molecule has 0 unspecified atom stereocenters. The van der Waals surface area contributed by atoms with E-state index in [0.717, 1.165) is 12.3 Å². The SMILES string of the molecule is CCSCCCCCCCCCCCCCC#CC1CC1. The lowest BCUT2D eigenvalue weighted by molar-refractivity contribution is 0.552. The van der Waals surface area contributed by atoms with Crippen molar-refractivity contribution in [2.75, 3.05) is 11.5 Å². The summed E-state index contributed by atoms with van der Waals surface area (Å²) in [6, 6.07) is 0. The molecule has 0 aromatic heterocycles. The molecule has 1 heteroatoms. The molecule has 0 aromatic rings. The summed E-state index contributed by atoms with van der Waals surface area (Å²) in [5.74, 6) is 10.1. The lowest BCUT2D eigenvalue weighted by atomic mass is 10.1. The van der Waals surface area contributed by atoms with Crippen molar-refractivity contribution in [3.8, 4) is 11.8 Å². The van der Waals surface area contributed by atoms with Gasteiger partial charge in [0.2, 0.25) is 0 Å². The quantitative estimate of drug-likeness (QED) is 0.250. The average molecular weight is 309 g/mol. The standard InChI is InChI=1S/C20H36S/c1-2-21-19-15-13-11-9-7-5-3-4-6-8-10-12-14-16-20-17-18-20/h20H,2-13,15,17-19H2,1H3. The molecule has 0 spiro atoms. The van der Waals surface area contributed by atoms with Crippen LogP contribution in [-0.2, 0) is 0 Å². The summed E-state index contributed by atoms with van der Waals surface area (Å²) in [4.78, 5) is 0. The van der Waals surface area contributed by atoms with Gasteiger partial charge in [-0.3, -0.25) is 0 Å². The highest BCUT2D eigenvalue weighted by Gasteiger charge is 2.17. The second kappa shape index (κ2) is 14.8. The zero-order valence-electron chi connectivity index (χ0n) is 14.3. The molecular weight excluding hydrogens is 272 g/mol. The van der Waals surface area contributed by atoms with Crippen molar-refractivity contribution in [1.82, 2.24) is 0 Å². The van der Waals surface area contributed by atoms with Crippen molar-refractivity contribution in [2.45, 2.75) is 96.8 Å². The normalized spacial score (nSPS) is 14.0. The van der Waals surface area contributed by atoms with Gasteiger partial charge in [0.05, 0.1) is 0 Å². The predicted molar refractivity (Wildman–Crippen MR) is 98.9 cm³/mol. The Morgan fingerprint density at radius 1 is 0.762 bits per heavy atom. The van der Waals surface area contributed by atoms with Gasteiger partial charge >= 0.3 is 0 Å². The van der Waals surface area contributed by atoms with Gasteiger partial charge in [-0.15, -0.1) is 5.92 Å². The highest BCUT2D eigenvalue weighted by atomic mass is 32.2. The molecule has 1 aliphatic carbocycles. The van der Waals surface area contributed by atoms with Crippen LogP contribution in [0, 0.1) is 17.8 Å². The van der Waals surface area contributed by atoms with Gasteiger partial charge in [0, 0.05) is 12.3 Å². The molecule has 21 heavy (non-hydrogen) atoms. The Hall–Kier alpha value is -0.0900. The monoisotopic (exact) mass is 308 g/mol. The third-order valence-electron chi connectivity index (χ3n) is 4.18. The Morgan fingerprint density at radius 2 is 1.29 bits per heavy atom. The fraction of sp³-hybridized carbons (Fsp3) is 0.900. The van der Waals surface area contributed by atoms with Crippen LogP contribution in [0.4, 0.5) is 0 Å². The first-order valence-corrected chi connectivity index (χ1v) is 10.6. The van der Waals surface area contributed by atoms with E-state index in [4.69, 9.17) is 0 Å². The molecule has 0 saturated heterocycles. The third kappa shape index (κ3) is 14.6. The summed E-state index contributed by atoms with van der Waals surface area (Å²) in [7, 11) is 0. The molecule has 0 radical (unpaired) electrons. The molecule has 0 heterocycles. The van der Waals surface area contributed by atoms with Crippen molar-refractivity contribution >= 4 is 11.8 Å². The first-order valence-electron chi connectivity index (χ1n) is 9.49. The zero-order valence-corrected chi connectivity index (χ0v) is 15.1. The van der Waals surface area contributed by atoms with Crippen molar-refractivity contribution < 1.29 is 0 Å². The van der Waals surface area contributed by atoms with Gasteiger partial charge in [0.15, 0.2) is 0 Å². The molecular formula is C20H36S. The molecule has 0 amide bonds. The van der Waals surface area contributed by atoms with Gasteiger partial charge < -0.3 is 0 Å². The maximum Gasteiger partial charge on any atom is 0.0203 e. The van der Waals surface area contributed by atoms with E-state index in [2.05, 4.69) is 30.5 Å². The predicted octanol–water partition coefficient (Wildman–Crippen LogP) is 6.83. The molecule has 1 rings (SSSR count). The maximum absolute atomic E-state index is 3.35. The van der Waals surface area contributed by atoms with Crippen LogP contribution in [0.5, 0.6) is 0 Å². The summed E-state index contributed by atoms with van der Waals surface area (Å²) in [6.45, 7) is 2.26. The molecule has 0 N–H and O–H groups in total. The van der Waals surface area contributed by atoms with Gasteiger partial charge in [-0.05, 0) is 37.2 Å². The second-order valence-electron chi connectivity index (χ2n) is 6.43. The van der Waals surface area contributed by atoms with E-state index >= 15 is 0 Å². The number of hydrogen-bond acceptors (Lipinski definition) is 1. The molecule has 1 fully saturated rings. The molecule has 1 saturated carbocycles. The van der Waals surface area contributed by atoms with E-state index in [1.807, 2.05) is 0 Å². The van der Waals surface area contributed by atoms with E-state index in [0.29, 0.717) is 0 Å². The minimum Gasteiger partial charge on any atom is -0.162 e. The summed E-state index contributed by atoms with van der Waals surface area (Å²) >= 11 is 2.09. The van der Waals surface area contributed by atoms with E-state index in [1.165, 1.54) is 95.0 Å². The second-order valence-corrected chi connectivity index (χ2v) is 7.83. The fourth-order valence-corrected chi connectivity index (χ4v) is 3.29. The van der Waals surface area contributed by atoms with Crippen LogP contribution in [0.15, 0.2) is 0 Å². The summed E-state index contributed by atoms with van der Waals surface area (Å²) in [5, 5.41) is 0. The number of thioether (sulfide) groups is 1. The Balaban J connectivity index is 1.64. The molecule has 122 valence electrons. The maximum atomic E-state index is 3.35. The van der Waals surface area contributed by atoms with Gasteiger partial charge in [0.25, 0.3) is 0 Å². The first kappa shape index (κ1) is 19.0.